The van der Waals surface area contributed by atoms with E-state index < -0.39 is 26.2 Å². The molecule has 216 valence electrons. The van der Waals surface area contributed by atoms with Crippen LogP contribution in [0.4, 0.5) is 0 Å². The van der Waals surface area contributed by atoms with Crippen LogP contribution in [0.3, 0.4) is 0 Å². The molecular formula is C31H32O8S2. The first kappa shape index (κ1) is 30.3. The van der Waals surface area contributed by atoms with Gasteiger partial charge in [0.1, 0.15) is 0 Å². The minimum absolute atomic E-state index is 0.0521. The third kappa shape index (κ3) is 7.34. The van der Waals surface area contributed by atoms with E-state index in [2.05, 4.69) is 0 Å². The van der Waals surface area contributed by atoms with Crippen LogP contribution in [0.1, 0.15) is 38.8 Å². The van der Waals surface area contributed by atoms with Crippen molar-refractivity contribution in [1.82, 2.24) is 0 Å². The topological polar surface area (TPSA) is 105 Å². The van der Waals surface area contributed by atoms with Crippen LogP contribution in [0.2, 0.25) is 0 Å². The van der Waals surface area contributed by atoms with Gasteiger partial charge in [-0.05, 0) is 60.4 Å². The van der Waals surface area contributed by atoms with E-state index >= 15 is 0 Å². The fraction of sp³-hybridized carbons (Fsp3) is 0.226. The molecule has 4 aromatic carbocycles. The zero-order valence-corrected chi connectivity index (χ0v) is 24.9. The highest BCUT2D eigenvalue weighted by Gasteiger charge is 2.28. The predicted octanol–water partition coefficient (Wildman–Crippen LogP) is 6.67. The molecule has 0 fully saturated rings. The summed E-state index contributed by atoms with van der Waals surface area (Å²) in [5, 5.41) is 0. The Bertz CT molecular complexity index is 1570. The highest BCUT2D eigenvalue weighted by atomic mass is 32.3. The van der Waals surface area contributed by atoms with Gasteiger partial charge in [0.15, 0.2) is 11.5 Å². The largest absolute Gasteiger partial charge is 0.449 e. The molecule has 0 N–H and O–H groups in total. The Balaban J connectivity index is 1.83. The van der Waals surface area contributed by atoms with Crippen LogP contribution >= 0.6 is 0 Å². The van der Waals surface area contributed by atoms with Gasteiger partial charge < -0.3 is 8.37 Å². The lowest BCUT2D eigenvalue weighted by atomic mass is 9.76. The smallest absolute Gasteiger partial charge is 0.361 e. The van der Waals surface area contributed by atoms with Crippen molar-refractivity contribution in [2.75, 3.05) is 13.2 Å². The van der Waals surface area contributed by atoms with E-state index in [0.717, 1.165) is 22.3 Å². The Morgan fingerprint density at radius 1 is 0.561 bits per heavy atom. The quantitative estimate of drug-likeness (QED) is 0.179. The highest BCUT2D eigenvalue weighted by molar-refractivity contribution is 7.82. The number of benzene rings is 4. The molecule has 0 bridgehead atoms. The molecule has 0 aliphatic heterocycles. The fourth-order valence-electron chi connectivity index (χ4n) is 4.39. The van der Waals surface area contributed by atoms with E-state index in [1.54, 1.807) is 38.1 Å². The summed E-state index contributed by atoms with van der Waals surface area (Å²) in [6.07, 6.45) is 0. The normalized spacial score (nSPS) is 12.2. The third-order valence-electron chi connectivity index (χ3n) is 6.48. The highest BCUT2D eigenvalue weighted by Crippen LogP contribution is 2.41. The van der Waals surface area contributed by atoms with Crippen molar-refractivity contribution in [2.24, 2.45) is 0 Å². The number of hydrogen-bond acceptors (Lipinski definition) is 8. The van der Waals surface area contributed by atoms with Gasteiger partial charge in [0.05, 0.1) is 13.2 Å². The molecule has 41 heavy (non-hydrogen) atoms. The molecule has 0 aliphatic carbocycles. The first-order valence-electron chi connectivity index (χ1n) is 13.0. The van der Waals surface area contributed by atoms with E-state index in [-0.39, 0.29) is 24.7 Å². The van der Waals surface area contributed by atoms with Crippen LogP contribution in [0, 0.1) is 0 Å². The summed E-state index contributed by atoms with van der Waals surface area (Å²) < 4.78 is 69.5. The summed E-state index contributed by atoms with van der Waals surface area (Å²) in [5.41, 5.74) is 3.81. The van der Waals surface area contributed by atoms with E-state index in [1.807, 2.05) is 86.6 Å². The predicted molar refractivity (Wildman–Crippen MR) is 158 cm³/mol. The fourth-order valence-corrected chi connectivity index (χ4v) is 5.80. The average molecular weight is 597 g/mol. The van der Waals surface area contributed by atoms with Gasteiger partial charge in [-0.3, -0.25) is 0 Å². The Morgan fingerprint density at radius 2 is 0.927 bits per heavy atom. The molecule has 0 radical (unpaired) electrons. The zero-order chi connectivity index (χ0) is 29.7. The van der Waals surface area contributed by atoms with Gasteiger partial charge in [-0.1, -0.05) is 86.6 Å². The standard InChI is InChI=1S/C31H32O8S2/c1-5-36-40(32,33)38-29-19-17-25(21-27(29)23-13-9-7-10-14-23)31(3,4)26-18-20-30(39-41(34,35)37-6-2)28(22-26)24-15-11-8-12-16-24/h7-22H,5-6H2,1-4H3. The summed E-state index contributed by atoms with van der Waals surface area (Å²) in [6.45, 7) is 7.08. The molecule has 0 saturated carbocycles. The zero-order valence-electron chi connectivity index (χ0n) is 23.2. The van der Waals surface area contributed by atoms with E-state index in [1.165, 1.54) is 0 Å². The lowest BCUT2D eigenvalue weighted by molar-refractivity contribution is 0.287. The minimum Gasteiger partial charge on any atom is -0.361 e. The Kier molecular flexibility index (Phi) is 9.18. The molecule has 0 saturated heterocycles. The lowest BCUT2D eigenvalue weighted by Gasteiger charge is -2.28. The molecule has 0 heterocycles. The molecule has 0 aromatic heterocycles. The van der Waals surface area contributed by atoms with Gasteiger partial charge in [-0.25, -0.2) is 8.37 Å². The molecule has 0 atom stereocenters. The van der Waals surface area contributed by atoms with Crippen molar-refractivity contribution in [3.8, 4) is 33.8 Å². The summed E-state index contributed by atoms with van der Waals surface area (Å²) in [4.78, 5) is 0. The van der Waals surface area contributed by atoms with Crippen LogP contribution < -0.4 is 8.37 Å². The van der Waals surface area contributed by atoms with Crippen molar-refractivity contribution in [3.05, 3.63) is 108 Å². The SMILES string of the molecule is CCOS(=O)(=O)Oc1ccc(C(C)(C)c2ccc(OS(=O)(=O)OCC)c(-c3ccccc3)c2)cc1-c1ccccc1. The number of rotatable bonds is 12. The Labute approximate surface area is 242 Å². The molecule has 0 aliphatic rings. The maximum Gasteiger partial charge on any atom is 0.449 e. The van der Waals surface area contributed by atoms with Gasteiger partial charge in [-0.2, -0.15) is 16.8 Å². The van der Waals surface area contributed by atoms with Crippen LogP contribution in [-0.4, -0.2) is 30.0 Å². The van der Waals surface area contributed by atoms with Crippen LogP contribution in [0.15, 0.2) is 97.1 Å². The molecule has 10 heteroatoms. The van der Waals surface area contributed by atoms with Crippen LogP contribution in [-0.2, 0) is 34.6 Å². The summed E-state index contributed by atoms with van der Waals surface area (Å²) in [7, 11) is -8.50. The summed E-state index contributed by atoms with van der Waals surface area (Å²) >= 11 is 0. The Morgan fingerprint density at radius 3 is 1.27 bits per heavy atom. The average Bonchev–Trinajstić information content (AvgIpc) is 2.93. The van der Waals surface area contributed by atoms with E-state index in [4.69, 9.17) is 16.7 Å². The Hall–Kier alpha value is -3.70. The maximum atomic E-state index is 12.3. The van der Waals surface area contributed by atoms with Gasteiger partial charge in [0, 0.05) is 16.5 Å². The van der Waals surface area contributed by atoms with Crippen molar-refractivity contribution in [1.29, 1.82) is 0 Å². The summed E-state index contributed by atoms with van der Waals surface area (Å²) in [6, 6.07) is 29.2. The molecule has 4 rings (SSSR count). The molecule has 0 unspecified atom stereocenters. The minimum atomic E-state index is -4.25. The second-order valence-corrected chi connectivity index (χ2v) is 12.0. The van der Waals surface area contributed by atoms with Gasteiger partial charge in [0.2, 0.25) is 0 Å². The molecule has 4 aromatic rings. The van der Waals surface area contributed by atoms with E-state index in [9.17, 15) is 16.8 Å². The van der Waals surface area contributed by atoms with Crippen LogP contribution in [0.5, 0.6) is 11.5 Å². The molecular weight excluding hydrogens is 564 g/mol. The van der Waals surface area contributed by atoms with Gasteiger partial charge in [-0.15, -0.1) is 0 Å². The van der Waals surface area contributed by atoms with Crippen LogP contribution in [0.25, 0.3) is 22.3 Å². The second kappa shape index (κ2) is 12.4. The van der Waals surface area contributed by atoms with Gasteiger partial charge in [0.25, 0.3) is 0 Å². The first-order valence-corrected chi connectivity index (χ1v) is 15.7. The first-order chi connectivity index (χ1) is 19.5. The monoisotopic (exact) mass is 596 g/mol. The van der Waals surface area contributed by atoms with Crippen molar-refractivity contribution < 1.29 is 33.6 Å². The second-order valence-electron chi connectivity index (χ2n) is 9.58. The molecule has 0 amide bonds. The lowest BCUT2D eigenvalue weighted by Crippen LogP contribution is -2.20. The molecule has 0 spiro atoms. The summed E-state index contributed by atoms with van der Waals surface area (Å²) in [5.74, 6) is 0.276. The number of hydrogen-bond donors (Lipinski definition) is 0. The van der Waals surface area contributed by atoms with Crippen molar-refractivity contribution >= 4 is 20.8 Å². The maximum absolute atomic E-state index is 12.3. The molecule has 8 nitrogen and oxygen atoms in total. The van der Waals surface area contributed by atoms with Crippen molar-refractivity contribution in [3.63, 3.8) is 0 Å². The third-order valence-corrected chi connectivity index (χ3v) is 8.30. The van der Waals surface area contributed by atoms with Gasteiger partial charge >= 0.3 is 20.8 Å². The van der Waals surface area contributed by atoms with E-state index in [0.29, 0.717) is 11.1 Å². The van der Waals surface area contributed by atoms with Crippen molar-refractivity contribution in [2.45, 2.75) is 33.1 Å².